The first-order chi connectivity index (χ1) is 7.72. The first kappa shape index (κ1) is 11.0. The van der Waals surface area contributed by atoms with E-state index in [0.717, 1.165) is 29.2 Å². The number of pyridine rings is 1. The number of hydrogen-bond donors (Lipinski definition) is 1. The molecule has 0 bridgehead atoms. The zero-order valence-corrected chi connectivity index (χ0v) is 9.99. The summed E-state index contributed by atoms with van der Waals surface area (Å²) in [5.74, 6) is 0.626. The van der Waals surface area contributed by atoms with Crippen LogP contribution in [-0.2, 0) is 0 Å². The SMILES string of the molecule is CNc1cc(N2CCCCC2)cc(C)[n+]1[O-]. The molecule has 1 aromatic rings. The lowest BCUT2D eigenvalue weighted by Crippen LogP contribution is -2.36. The number of aromatic nitrogens is 1. The van der Waals surface area contributed by atoms with Crippen molar-refractivity contribution in [2.24, 2.45) is 0 Å². The summed E-state index contributed by atoms with van der Waals surface area (Å²) in [5.41, 5.74) is 1.90. The van der Waals surface area contributed by atoms with Gasteiger partial charge in [-0.3, -0.25) is 5.32 Å². The minimum Gasteiger partial charge on any atom is -0.710 e. The lowest BCUT2D eigenvalue weighted by atomic mass is 10.1. The van der Waals surface area contributed by atoms with Crippen molar-refractivity contribution in [3.05, 3.63) is 23.0 Å². The molecule has 1 aromatic heterocycles. The van der Waals surface area contributed by atoms with E-state index in [1.165, 1.54) is 19.3 Å². The van der Waals surface area contributed by atoms with Crippen LogP contribution in [0.4, 0.5) is 11.5 Å². The first-order valence-corrected chi connectivity index (χ1v) is 5.89. The molecule has 0 aliphatic carbocycles. The van der Waals surface area contributed by atoms with Crippen LogP contribution >= 0.6 is 0 Å². The van der Waals surface area contributed by atoms with Gasteiger partial charge < -0.3 is 10.1 Å². The van der Waals surface area contributed by atoms with Crippen molar-refractivity contribution >= 4 is 11.5 Å². The molecule has 1 saturated heterocycles. The van der Waals surface area contributed by atoms with Crippen LogP contribution in [0.2, 0.25) is 0 Å². The van der Waals surface area contributed by atoms with E-state index >= 15 is 0 Å². The molecule has 0 atom stereocenters. The van der Waals surface area contributed by atoms with Crippen molar-refractivity contribution < 1.29 is 4.73 Å². The van der Waals surface area contributed by atoms with Crippen molar-refractivity contribution in [1.82, 2.24) is 0 Å². The molecule has 1 aliphatic heterocycles. The predicted octanol–water partition coefficient (Wildman–Crippen LogP) is 1.66. The van der Waals surface area contributed by atoms with E-state index in [-0.39, 0.29) is 0 Å². The van der Waals surface area contributed by atoms with Crippen LogP contribution in [0.1, 0.15) is 25.0 Å². The number of aryl methyl sites for hydroxylation is 1. The average Bonchev–Trinajstić information content (AvgIpc) is 2.33. The van der Waals surface area contributed by atoms with Gasteiger partial charge in [-0.15, -0.1) is 0 Å². The number of nitrogens with one attached hydrogen (secondary N) is 1. The van der Waals surface area contributed by atoms with Crippen molar-refractivity contribution in [2.75, 3.05) is 30.4 Å². The summed E-state index contributed by atoms with van der Waals surface area (Å²) in [7, 11) is 1.78. The maximum Gasteiger partial charge on any atom is 0.279 e. The quantitative estimate of drug-likeness (QED) is 0.610. The number of hydrogen-bond acceptors (Lipinski definition) is 3. The topological polar surface area (TPSA) is 42.2 Å². The van der Waals surface area contributed by atoms with E-state index in [0.29, 0.717) is 5.82 Å². The molecule has 0 amide bonds. The molecular weight excluding hydrogens is 202 g/mol. The highest BCUT2D eigenvalue weighted by atomic mass is 16.5. The summed E-state index contributed by atoms with van der Waals surface area (Å²) in [6.45, 7) is 4.05. The molecule has 1 N–H and O–H groups in total. The molecule has 2 heterocycles. The molecule has 0 unspecified atom stereocenters. The third-order valence-electron chi connectivity index (χ3n) is 3.16. The van der Waals surface area contributed by atoms with Gasteiger partial charge in [-0.2, -0.15) is 0 Å². The highest BCUT2D eigenvalue weighted by Crippen LogP contribution is 2.21. The molecule has 4 nitrogen and oxygen atoms in total. The molecule has 0 radical (unpaired) electrons. The summed E-state index contributed by atoms with van der Waals surface area (Å²) < 4.78 is 0.938. The monoisotopic (exact) mass is 221 g/mol. The van der Waals surface area contributed by atoms with Gasteiger partial charge in [0, 0.05) is 24.8 Å². The second kappa shape index (κ2) is 4.60. The fourth-order valence-corrected chi connectivity index (χ4v) is 2.21. The number of rotatable bonds is 2. The maximum atomic E-state index is 11.7. The number of piperidine rings is 1. The summed E-state index contributed by atoms with van der Waals surface area (Å²) >= 11 is 0. The van der Waals surface area contributed by atoms with Gasteiger partial charge in [0.05, 0.1) is 13.1 Å². The molecule has 0 aromatic carbocycles. The summed E-state index contributed by atoms with van der Waals surface area (Å²) in [4.78, 5) is 2.36. The standard InChI is InChI=1S/C12H19N3O/c1-10-8-11(9-12(13-2)15(10)16)14-6-4-3-5-7-14/h8-9,13H,3-7H2,1-2H3. The van der Waals surface area contributed by atoms with Gasteiger partial charge in [0.1, 0.15) is 5.69 Å². The molecule has 2 rings (SSSR count). The van der Waals surface area contributed by atoms with Gasteiger partial charge in [-0.1, -0.05) is 0 Å². The Kier molecular flexibility index (Phi) is 3.17. The lowest BCUT2D eigenvalue weighted by Gasteiger charge is -2.29. The van der Waals surface area contributed by atoms with E-state index in [4.69, 9.17) is 0 Å². The highest BCUT2D eigenvalue weighted by molar-refractivity contribution is 5.52. The van der Waals surface area contributed by atoms with Crippen molar-refractivity contribution in [3.63, 3.8) is 0 Å². The Morgan fingerprint density at radius 3 is 2.56 bits per heavy atom. The summed E-state index contributed by atoms with van der Waals surface area (Å²) in [6.07, 6.45) is 3.82. The normalized spacial score (nSPS) is 16.2. The molecule has 1 aliphatic rings. The fraction of sp³-hybridized carbons (Fsp3) is 0.583. The van der Waals surface area contributed by atoms with Crippen molar-refractivity contribution in [3.8, 4) is 0 Å². The first-order valence-electron chi connectivity index (χ1n) is 5.89. The van der Waals surface area contributed by atoms with Gasteiger partial charge in [0.15, 0.2) is 0 Å². The minimum absolute atomic E-state index is 0.626. The van der Waals surface area contributed by atoms with Crippen molar-refractivity contribution in [2.45, 2.75) is 26.2 Å². The fourth-order valence-electron chi connectivity index (χ4n) is 2.21. The Morgan fingerprint density at radius 2 is 1.94 bits per heavy atom. The van der Waals surface area contributed by atoms with Crippen LogP contribution in [-0.4, -0.2) is 20.1 Å². The zero-order chi connectivity index (χ0) is 11.5. The van der Waals surface area contributed by atoms with Gasteiger partial charge in [0.2, 0.25) is 0 Å². The van der Waals surface area contributed by atoms with Gasteiger partial charge in [-0.25, -0.2) is 4.73 Å². The Bertz CT molecular complexity index is 373. The van der Waals surface area contributed by atoms with Gasteiger partial charge >= 0.3 is 0 Å². The zero-order valence-electron chi connectivity index (χ0n) is 9.99. The van der Waals surface area contributed by atoms with Crippen LogP contribution in [0.25, 0.3) is 0 Å². The largest absolute Gasteiger partial charge is 0.710 e. The third-order valence-corrected chi connectivity index (χ3v) is 3.16. The number of nitrogens with zero attached hydrogens (tertiary/aromatic N) is 2. The maximum absolute atomic E-state index is 11.7. The molecular formula is C12H19N3O. The Morgan fingerprint density at radius 1 is 1.25 bits per heavy atom. The molecule has 16 heavy (non-hydrogen) atoms. The van der Waals surface area contributed by atoms with Crippen LogP contribution in [0.15, 0.2) is 12.1 Å². The highest BCUT2D eigenvalue weighted by Gasteiger charge is 2.14. The Hall–Kier alpha value is -1.45. The molecule has 1 fully saturated rings. The van der Waals surface area contributed by atoms with E-state index < -0.39 is 0 Å². The molecule has 0 spiro atoms. The van der Waals surface area contributed by atoms with Crippen LogP contribution in [0.3, 0.4) is 0 Å². The summed E-state index contributed by atoms with van der Waals surface area (Å²) in [6, 6.07) is 3.91. The summed E-state index contributed by atoms with van der Waals surface area (Å²) in [5, 5.41) is 14.6. The van der Waals surface area contributed by atoms with E-state index in [1.54, 1.807) is 7.05 Å². The molecule has 4 heteroatoms. The lowest BCUT2D eigenvalue weighted by molar-refractivity contribution is -0.597. The minimum atomic E-state index is 0.626. The second-order valence-corrected chi connectivity index (χ2v) is 4.33. The molecule has 0 saturated carbocycles. The van der Waals surface area contributed by atoms with E-state index in [9.17, 15) is 5.21 Å². The smallest absolute Gasteiger partial charge is 0.279 e. The predicted molar refractivity (Wildman–Crippen MR) is 65.7 cm³/mol. The van der Waals surface area contributed by atoms with E-state index in [1.807, 2.05) is 19.1 Å². The van der Waals surface area contributed by atoms with Crippen molar-refractivity contribution in [1.29, 1.82) is 0 Å². The van der Waals surface area contributed by atoms with Crippen LogP contribution in [0, 0.1) is 12.1 Å². The second-order valence-electron chi connectivity index (χ2n) is 4.33. The molecule has 88 valence electrons. The van der Waals surface area contributed by atoms with Crippen LogP contribution < -0.4 is 14.9 Å². The Balaban J connectivity index is 2.29. The third kappa shape index (κ3) is 2.05. The Labute approximate surface area is 96.5 Å². The number of anilines is 2. The average molecular weight is 221 g/mol. The van der Waals surface area contributed by atoms with Gasteiger partial charge in [-0.05, 0) is 26.2 Å². The van der Waals surface area contributed by atoms with Gasteiger partial charge in [0.25, 0.3) is 5.82 Å². The van der Waals surface area contributed by atoms with Crippen LogP contribution in [0.5, 0.6) is 0 Å². The van der Waals surface area contributed by atoms with E-state index in [2.05, 4.69) is 10.2 Å².